The molecule has 2 fully saturated rings. The number of aliphatic hydroxyl groups is 6. The molecule has 198 valence electrons. The van der Waals surface area contributed by atoms with Crippen LogP contribution in [0.3, 0.4) is 0 Å². The van der Waals surface area contributed by atoms with Crippen LogP contribution in [-0.2, 0) is 20.6 Å². The van der Waals surface area contributed by atoms with Crippen molar-refractivity contribution in [3.63, 3.8) is 0 Å². The van der Waals surface area contributed by atoms with E-state index in [0.717, 1.165) is 5.56 Å². The first-order valence-corrected chi connectivity index (χ1v) is 11.2. The van der Waals surface area contributed by atoms with Crippen molar-refractivity contribution in [2.45, 2.75) is 74.8 Å². The van der Waals surface area contributed by atoms with Crippen molar-refractivity contribution in [2.75, 3.05) is 20.8 Å². The van der Waals surface area contributed by atoms with Gasteiger partial charge in [0.15, 0.2) is 17.8 Å². The van der Waals surface area contributed by atoms with E-state index in [2.05, 4.69) is 6.58 Å². The Morgan fingerprint density at radius 3 is 1.97 bits per heavy atom. The summed E-state index contributed by atoms with van der Waals surface area (Å²) in [4.78, 5) is 0. The third-order valence-corrected chi connectivity index (χ3v) is 6.04. The number of benzene rings is 1. The monoisotopic (exact) mass is 502 g/mol. The van der Waals surface area contributed by atoms with Gasteiger partial charge in [-0.2, -0.15) is 0 Å². The maximum Gasteiger partial charge on any atom is 0.229 e. The van der Waals surface area contributed by atoms with Gasteiger partial charge in [-0.1, -0.05) is 6.08 Å². The van der Waals surface area contributed by atoms with E-state index >= 15 is 0 Å². The summed E-state index contributed by atoms with van der Waals surface area (Å²) in [5, 5.41) is 61.2. The lowest BCUT2D eigenvalue weighted by atomic mass is 9.98. The molecule has 0 radical (unpaired) electrons. The van der Waals surface area contributed by atoms with Crippen LogP contribution in [0.1, 0.15) is 12.5 Å². The Hall–Kier alpha value is -2.00. The van der Waals surface area contributed by atoms with Crippen molar-refractivity contribution in [1.82, 2.24) is 0 Å². The van der Waals surface area contributed by atoms with Crippen LogP contribution in [0.5, 0.6) is 17.2 Å². The van der Waals surface area contributed by atoms with E-state index < -0.39 is 68.0 Å². The average molecular weight is 503 g/mol. The van der Waals surface area contributed by atoms with Gasteiger partial charge in [0.2, 0.25) is 12.0 Å². The summed E-state index contributed by atoms with van der Waals surface area (Å²) in [7, 11) is 2.85. The molecule has 1 aromatic rings. The molecule has 3 rings (SSSR count). The van der Waals surface area contributed by atoms with Gasteiger partial charge in [0.1, 0.15) is 42.7 Å². The molecule has 10 unspecified atom stereocenters. The highest BCUT2D eigenvalue weighted by Crippen LogP contribution is 2.40. The number of aliphatic hydroxyl groups excluding tert-OH is 6. The second-order valence-corrected chi connectivity index (χ2v) is 8.47. The van der Waals surface area contributed by atoms with Gasteiger partial charge in [-0.05, 0) is 31.0 Å². The van der Waals surface area contributed by atoms with Crippen molar-refractivity contribution in [1.29, 1.82) is 0 Å². The van der Waals surface area contributed by atoms with Gasteiger partial charge in [0, 0.05) is 0 Å². The summed E-state index contributed by atoms with van der Waals surface area (Å²) >= 11 is 0. The standard InChI is InChI=1S/C23H34O12/c1-5-6-11-7-12(30-3)21(13(8-11)31-4)35-23-20(29)18(27)16(25)14(34-23)9-32-22-19(28)17(26)15(24)10(2)33-22/h5,7-8,10,14-20,22-29H,1,6,9H2,2-4H3. The van der Waals surface area contributed by atoms with E-state index in [1.54, 1.807) is 18.2 Å². The van der Waals surface area contributed by atoms with Crippen molar-refractivity contribution in [3.05, 3.63) is 30.4 Å². The van der Waals surface area contributed by atoms with Crippen molar-refractivity contribution in [2.24, 2.45) is 0 Å². The summed E-state index contributed by atoms with van der Waals surface area (Å²) in [6, 6.07) is 3.40. The lowest BCUT2D eigenvalue weighted by Gasteiger charge is -2.42. The molecule has 1 aromatic carbocycles. The molecule has 2 saturated heterocycles. The summed E-state index contributed by atoms with van der Waals surface area (Å²) in [5.74, 6) is 0.670. The van der Waals surface area contributed by atoms with Crippen LogP contribution < -0.4 is 14.2 Å². The average Bonchev–Trinajstić information content (AvgIpc) is 2.85. The number of rotatable bonds is 9. The zero-order chi connectivity index (χ0) is 25.9. The van der Waals surface area contributed by atoms with Crippen molar-refractivity contribution >= 4 is 0 Å². The fraction of sp³-hybridized carbons (Fsp3) is 0.652. The van der Waals surface area contributed by atoms with Gasteiger partial charge in [0.05, 0.1) is 26.9 Å². The van der Waals surface area contributed by atoms with Crippen molar-refractivity contribution < 1.29 is 59.1 Å². The Kier molecular flexibility index (Phi) is 9.32. The van der Waals surface area contributed by atoms with Gasteiger partial charge >= 0.3 is 0 Å². The quantitative estimate of drug-likeness (QED) is 0.215. The second-order valence-electron chi connectivity index (χ2n) is 8.47. The Morgan fingerprint density at radius 2 is 1.40 bits per heavy atom. The summed E-state index contributed by atoms with van der Waals surface area (Å²) in [6.07, 6.45) is -11.8. The van der Waals surface area contributed by atoms with Crippen LogP contribution in [0.4, 0.5) is 0 Å². The molecule has 0 aromatic heterocycles. The maximum absolute atomic E-state index is 10.5. The Morgan fingerprint density at radius 1 is 0.829 bits per heavy atom. The van der Waals surface area contributed by atoms with Crippen LogP contribution in [0, 0.1) is 0 Å². The Bertz CT molecular complexity index is 825. The normalized spacial score (nSPS) is 37.5. The Balaban J connectivity index is 1.75. The smallest absolute Gasteiger partial charge is 0.229 e. The van der Waals surface area contributed by atoms with Gasteiger partial charge in [0.25, 0.3) is 0 Å². The highest BCUT2D eigenvalue weighted by Gasteiger charge is 2.47. The first-order valence-electron chi connectivity index (χ1n) is 11.2. The highest BCUT2D eigenvalue weighted by molar-refractivity contribution is 5.54. The topological polar surface area (TPSA) is 177 Å². The lowest BCUT2D eigenvalue weighted by Crippen LogP contribution is -2.61. The van der Waals surface area contributed by atoms with Crippen LogP contribution in [0.15, 0.2) is 24.8 Å². The molecule has 12 nitrogen and oxygen atoms in total. The molecular weight excluding hydrogens is 468 g/mol. The maximum atomic E-state index is 10.5. The van der Waals surface area contributed by atoms with E-state index in [1.165, 1.54) is 21.1 Å². The van der Waals surface area contributed by atoms with E-state index in [-0.39, 0.29) is 17.2 Å². The molecule has 0 spiro atoms. The summed E-state index contributed by atoms with van der Waals surface area (Å²) in [5.41, 5.74) is 0.834. The molecule has 2 aliphatic rings. The molecular formula is C23H34O12. The minimum atomic E-state index is -1.66. The predicted octanol–water partition coefficient (Wildman–Crippen LogP) is -1.54. The molecule has 0 saturated carbocycles. The van der Waals surface area contributed by atoms with Gasteiger partial charge < -0.3 is 59.1 Å². The van der Waals surface area contributed by atoms with Gasteiger partial charge in [-0.25, -0.2) is 0 Å². The van der Waals surface area contributed by atoms with E-state index in [0.29, 0.717) is 6.42 Å². The SMILES string of the molecule is C=CCc1cc(OC)c(OC2OC(COC3OC(C)C(O)C(O)C3O)C(O)C(O)C2O)c(OC)c1. The van der Waals surface area contributed by atoms with Gasteiger partial charge in [-0.15, -0.1) is 6.58 Å². The molecule has 0 bridgehead atoms. The largest absolute Gasteiger partial charge is 0.493 e. The first-order chi connectivity index (χ1) is 16.6. The lowest BCUT2D eigenvalue weighted by molar-refractivity contribution is -0.318. The number of methoxy groups -OCH3 is 2. The highest BCUT2D eigenvalue weighted by atomic mass is 16.7. The van der Waals surface area contributed by atoms with Crippen LogP contribution >= 0.6 is 0 Å². The third-order valence-electron chi connectivity index (χ3n) is 6.04. The second kappa shape index (κ2) is 11.8. The van der Waals surface area contributed by atoms with Crippen LogP contribution in [-0.4, -0.2) is 113 Å². The third kappa shape index (κ3) is 5.88. The number of hydrogen-bond acceptors (Lipinski definition) is 12. The molecule has 2 heterocycles. The van der Waals surface area contributed by atoms with Crippen LogP contribution in [0.2, 0.25) is 0 Å². The van der Waals surface area contributed by atoms with Crippen LogP contribution in [0.25, 0.3) is 0 Å². The first kappa shape index (κ1) is 27.6. The van der Waals surface area contributed by atoms with E-state index in [1.807, 2.05) is 0 Å². The van der Waals surface area contributed by atoms with E-state index in [4.69, 9.17) is 28.4 Å². The minimum absolute atomic E-state index is 0.104. The molecule has 0 aliphatic carbocycles. The molecule has 35 heavy (non-hydrogen) atoms. The minimum Gasteiger partial charge on any atom is -0.493 e. The molecule has 10 atom stereocenters. The molecule has 6 N–H and O–H groups in total. The molecule has 2 aliphatic heterocycles. The zero-order valence-corrected chi connectivity index (χ0v) is 19.8. The summed E-state index contributed by atoms with van der Waals surface area (Å²) < 4.78 is 33.1. The fourth-order valence-corrected chi connectivity index (χ4v) is 3.94. The number of allylic oxidation sites excluding steroid dienone is 1. The molecule has 12 heteroatoms. The van der Waals surface area contributed by atoms with E-state index in [9.17, 15) is 30.6 Å². The summed E-state index contributed by atoms with van der Waals surface area (Å²) in [6.45, 7) is 4.79. The number of ether oxygens (including phenoxy) is 6. The van der Waals surface area contributed by atoms with Crippen molar-refractivity contribution in [3.8, 4) is 17.2 Å². The number of hydrogen-bond donors (Lipinski definition) is 6. The molecule has 0 amide bonds. The zero-order valence-electron chi connectivity index (χ0n) is 19.8. The predicted molar refractivity (Wildman–Crippen MR) is 119 cm³/mol. The Labute approximate surface area is 202 Å². The fourth-order valence-electron chi connectivity index (χ4n) is 3.94. The van der Waals surface area contributed by atoms with Gasteiger partial charge in [-0.3, -0.25) is 0 Å².